The lowest BCUT2D eigenvalue weighted by molar-refractivity contribution is -0.139. The average Bonchev–Trinajstić information content (AvgIpc) is 2.16. The van der Waals surface area contributed by atoms with Crippen molar-refractivity contribution in [2.24, 2.45) is 5.92 Å². The molecule has 14 heavy (non-hydrogen) atoms. The van der Waals surface area contributed by atoms with E-state index in [9.17, 15) is 4.79 Å². The third kappa shape index (κ3) is 3.29. The molecule has 0 aromatic heterocycles. The number of amides is 1. The van der Waals surface area contributed by atoms with Crippen molar-refractivity contribution in [3.63, 3.8) is 0 Å². The largest absolute Gasteiger partial charge is 0.375 e. The molecule has 0 aliphatic carbocycles. The minimum absolute atomic E-state index is 0.249. The maximum Gasteiger partial charge on any atom is 0.222 e. The van der Waals surface area contributed by atoms with Gasteiger partial charge in [-0.3, -0.25) is 4.79 Å². The summed E-state index contributed by atoms with van der Waals surface area (Å²) in [6.07, 6.45) is 1.90. The molecule has 3 nitrogen and oxygen atoms in total. The molecule has 1 fully saturated rings. The molecular formula is C11H21NO2. The minimum Gasteiger partial charge on any atom is -0.375 e. The van der Waals surface area contributed by atoms with Gasteiger partial charge in [0.15, 0.2) is 0 Å². The van der Waals surface area contributed by atoms with Gasteiger partial charge in [-0.05, 0) is 12.3 Å². The van der Waals surface area contributed by atoms with Gasteiger partial charge < -0.3 is 9.64 Å². The molecule has 1 aliphatic rings. The van der Waals surface area contributed by atoms with Crippen LogP contribution < -0.4 is 0 Å². The molecule has 0 spiro atoms. The van der Waals surface area contributed by atoms with E-state index in [0.717, 1.165) is 19.5 Å². The number of nitrogens with zero attached hydrogens (tertiary/aromatic N) is 1. The third-order valence-electron chi connectivity index (χ3n) is 2.53. The van der Waals surface area contributed by atoms with Gasteiger partial charge in [0.2, 0.25) is 5.91 Å². The number of carbonyl (C=O) groups is 1. The summed E-state index contributed by atoms with van der Waals surface area (Å²) in [5.41, 5.74) is 0. The van der Waals surface area contributed by atoms with Crippen LogP contribution in [0.1, 0.15) is 33.6 Å². The Kier molecular flexibility index (Phi) is 4.39. The molecule has 0 saturated carbocycles. The Morgan fingerprint density at radius 3 is 2.86 bits per heavy atom. The Balaban J connectivity index is 2.39. The highest BCUT2D eigenvalue weighted by molar-refractivity contribution is 5.75. The summed E-state index contributed by atoms with van der Waals surface area (Å²) >= 11 is 0. The number of hydrogen-bond acceptors (Lipinski definition) is 2. The van der Waals surface area contributed by atoms with Gasteiger partial charge in [0.1, 0.15) is 0 Å². The molecule has 1 saturated heterocycles. The fraction of sp³-hybridized carbons (Fsp3) is 0.909. The highest BCUT2D eigenvalue weighted by atomic mass is 16.5. The van der Waals surface area contributed by atoms with Gasteiger partial charge >= 0.3 is 0 Å². The normalized spacial score (nSPS) is 22.9. The van der Waals surface area contributed by atoms with Crippen molar-refractivity contribution in [1.82, 2.24) is 4.90 Å². The van der Waals surface area contributed by atoms with Gasteiger partial charge in [0.25, 0.3) is 0 Å². The molecule has 1 aliphatic heterocycles. The van der Waals surface area contributed by atoms with E-state index in [2.05, 4.69) is 13.8 Å². The molecule has 0 aromatic carbocycles. The Hall–Kier alpha value is -0.570. The predicted octanol–water partition coefficient (Wildman–Crippen LogP) is 1.67. The van der Waals surface area contributed by atoms with Gasteiger partial charge in [-0.2, -0.15) is 0 Å². The van der Waals surface area contributed by atoms with E-state index in [1.54, 1.807) is 0 Å². The smallest absolute Gasteiger partial charge is 0.222 e. The van der Waals surface area contributed by atoms with E-state index in [-0.39, 0.29) is 12.0 Å². The van der Waals surface area contributed by atoms with E-state index < -0.39 is 0 Å². The summed E-state index contributed by atoms with van der Waals surface area (Å²) < 4.78 is 5.62. The van der Waals surface area contributed by atoms with Crippen LogP contribution in [0.5, 0.6) is 0 Å². The lowest BCUT2D eigenvalue weighted by Crippen LogP contribution is -2.45. The molecule has 0 aromatic rings. The Bertz CT molecular complexity index is 192. The molecule has 1 amide bonds. The van der Waals surface area contributed by atoms with Crippen LogP contribution >= 0.6 is 0 Å². The maximum absolute atomic E-state index is 11.5. The van der Waals surface area contributed by atoms with Crippen molar-refractivity contribution in [2.45, 2.75) is 39.7 Å². The second kappa shape index (κ2) is 5.35. The van der Waals surface area contributed by atoms with E-state index in [0.29, 0.717) is 18.9 Å². The summed E-state index contributed by atoms with van der Waals surface area (Å²) in [6, 6.07) is 0. The monoisotopic (exact) mass is 199 g/mol. The first-order valence-corrected chi connectivity index (χ1v) is 5.52. The van der Waals surface area contributed by atoms with E-state index >= 15 is 0 Å². The van der Waals surface area contributed by atoms with Crippen LogP contribution in [0.15, 0.2) is 0 Å². The number of ether oxygens (including phenoxy) is 1. The second-order valence-corrected chi connectivity index (χ2v) is 4.32. The van der Waals surface area contributed by atoms with Gasteiger partial charge in [0, 0.05) is 19.5 Å². The maximum atomic E-state index is 11.5. The SMILES string of the molecule is CCC(=O)N1CCOC(CC(C)C)C1. The topological polar surface area (TPSA) is 29.5 Å². The van der Waals surface area contributed by atoms with Crippen molar-refractivity contribution >= 4 is 5.91 Å². The zero-order valence-corrected chi connectivity index (χ0v) is 9.45. The first kappa shape index (κ1) is 11.5. The standard InChI is InChI=1S/C11H21NO2/c1-4-11(13)12-5-6-14-10(8-12)7-9(2)3/h9-10H,4-8H2,1-3H3. The molecule has 1 atom stereocenters. The predicted molar refractivity (Wildman–Crippen MR) is 56.1 cm³/mol. The summed E-state index contributed by atoms with van der Waals surface area (Å²) in [6.45, 7) is 8.53. The molecule has 82 valence electrons. The minimum atomic E-state index is 0.249. The highest BCUT2D eigenvalue weighted by Crippen LogP contribution is 2.14. The molecule has 1 rings (SSSR count). The first-order chi connectivity index (χ1) is 6.63. The lowest BCUT2D eigenvalue weighted by atomic mass is 10.0. The van der Waals surface area contributed by atoms with Crippen LogP contribution in [0.25, 0.3) is 0 Å². The molecule has 0 bridgehead atoms. The molecule has 0 radical (unpaired) electrons. The van der Waals surface area contributed by atoms with Crippen LogP contribution in [0, 0.1) is 5.92 Å². The number of carbonyl (C=O) groups excluding carboxylic acids is 1. The van der Waals surface area contributed by atoms with Gasteiger partial charge in [-0.15, -0.1) is 0 Å². The summed E-state index contributed by atoms with van der Waals surface area (Å²) in [4.78, 5) is 13.4. The van der Waals surface area contributed by atoms with E-state index in [4.69, 9.17) is 4.74 Å². The number of rotatable bonds is 3. The summed E-state index contributed by atoms with van der Waals surface area (Å²) in [7, 11) is 0. The lowest BCUT2D eigenvalue weighted by Gasteiger charge is -2.33. The van der Waals surface area contributed by atoms with Crippen LogP contribution in [0.2, 0.25) is 0 Å². The van der Waals surface area contributed by atoms with Crippen LogP contribution in [-0.4, -0.2) is 36.6 Å². The fourth-order valence-corrected chi connectivity index (χ4v) is 1.84. The zero-order valence-electron chi connectivity index (χ0n) is 9.45. The van der Waals surface area contributed by atoms with Crippen molar-refractivity contribution in [3.8, 4) is 0 Å². The quantitative estimate of drug-likeness (QED) is 0.692. The molecule has 3 heteroatoms. The van der Waals surface area contributed by atoms with Crippen molar-refractivity contribution in [1.29, 1.82) is 0 Å². The van der Waals surface area contributed by atoms with E-state index in [1.165, 1.54) is 0 Å². The summed E-state index contributed by atoms with van der Waals surface area (Å²) in [5, 5.41) is 0. The first-order valence-electron chi connectivity index (χ1n) is 5.52. The van der Waals surface area contributed by atoms with Crippen molar-refractivity contribution < 1.29 is 9.53 Å². The Morgan fingerprint density at radius 2 is 2.29 bits per heavy atom. The van der Waals surface area contributed by atoms with Crippen molar-refractivity contribution in [3.05, 3.63) is 0 Å². The van der Waals surface area contributed by atoms with Crippen LogP contribution in [-0.2, 0) is 9.53 Å². The van der Waals surface area contributed by atoms with Crippen molar-refractivity contribution in [2.75, 3.05) is 19.7 Å². The Labute approximate surface area is 86.4 Å². The van der Waals surface area contributed by atoms with Crippen LogP contribution in [0.3, 0.4) is 0 Å². The van der Waals surface area contributed by atoms with E-state index in [1.807, 2.05) is 11.8 Å². The fourth-order valence-electron chi connectivity index (χ4n) is 1.84. The molecular weight excluding hydrogens is 178 g/mol. The second-order valence-electron chi connectivity index (χ2n) is 4.32. The molecule has 1 heterocycles. The Morgan fingerprint density at radius 1 is 1.57 bits per heavy atom. The molecule has 1 unspecified atom stereocenters. The number of hydrogen-bond donors (Lipinski definition) is 0. The molecule has 0 N–H and O–H groups in total. The average molecular weight is 199 g/mol. The zero-order chi connectivity index (χ0) is 10.6. The van der Waals surface area contributed by atoms with Gasteiger partial charge in [-0.1, -0.05) is 20.8 Å². The third-order valence-corrected chi connectivity index (χ3v) is 2.53. The highest BCUT2D eigenvalue weighted by Gasteiger charge is 2.23. The van der Waals surface area contributed by atoms with Gasteiger partial charge in [0.05, 0.1) is 12.7 Å². The van der Waals surface area contributed by atoms with Crippen LogP contribution in [0.4, 0.5) is 0 Å². The summed E-state index contributed by atoms with van der Waals surface area (Å²) in [5.74, 6) is 0.888. The number of morpholine rings is 1. The van der Waals surface area contributed by atoms with Gasteiger partial charge in [-0.25, -0.2) is 0 Å².